The van der Waals surface area contributed by atoms with Gasteiger partial charge >= 0.3 is 32.6 Å². The van der Waals surface area contributed by atoms with Crippen LogP contribution in [-0.4, -0.2) is 64.8 Å². The lowest BCUT2D eigenvalue weighted by atomic mass is 10.1. The minimum atomic E-state index is -5.02. The van der Waals surface area contributed by atoms with Crippen molar-refractivity contribution in [3.8, 4) is 11.5 Å². The van der Waals surface area contributed by atoms with E-state index in [1.54, 1.807) is 6.92 Å². The lowest BCUT2D eigenvalue weighted by Gasteiger charge is -2.17. The minimum Gasteiger partial charge on any atom is -0.490 e. The molecule has 0 bridgehead atoms. The van der Waals surface area contributed by atoms with E-state index in [2.05, 4.69) is 18.9 Å². The quantitative estimate of drug-likeness (QED) is 0.137. The summed E-state index contributed by atoms with van der Waals surface area (Å²) in [6.07, 6.45) is -10.5. The summed E-state index contributed by atoms with van der Waals surface area (Å²) in [4.78, 5) is 0. The van der Waals surface area contributed by atoms with Crippen molar-refractivity contribution >= 4 is 31.7 Å². The summed E-state index contributed by atoms with van der Waals surface area (Å²) in [6.45, 7) is 4.43. The Morgan fingerprint density at radius 3 is 1.42 bits per heavy atom. The maximum Gasteiger partial charge on any atom is 0.437 e. The van der Waals surface area contributed by atoms with Crippen LogP contribution in [0.1, 0.15) is 44.7 Å². The fourth-order valence-electron chi connectivity index (χ4n) is 3.18. The van der Waals surface area contributed by atoms with Gasteiger partial charge in [-0.25, -0.2) is 0 Å². The summed E-state index contributed by atoms with van der Waals surface area (Å²) in [6, 6.07) is 8.73. The van der Waals surface area contributed by atoms with E-state index >= 15 is 0 Å². The SMILES string of the molecule is CCCS(=O)(=O)ON=C(c1ccc(OCC(C)Oc2ccc(C(=NOS(=O)(=O)CCC)C(F)(F)F)cc2)cc1)C(F)(F)F. The molecule has 0 radical (unpaired) electrons. The zero-order chi connectivity index (χ0) is 32.5. The molecule has 0 amide bonds. The molecular formula is C25H28F6N2O8S2. The topological polar surface area (TPSA) is 130 Å². The lowest BCUT2D eigenvalue weighted by molar-refractivity contribution is -0.0606. The molecule has 0 aliphatic heterocycles. The van der Waals surface area contributed by atoms with Crippen LogP contribution < -0.4 is 9.47 Å². The van der Waals surface area contributed by atoms with Gasteiger partial charge in [0.25, 0.3) is 0 Å². The second-order valence-corrected chi connectivity index (χ2v) is 12.2. The molecule has 43 heavy (non-hydrogen) atoms. The highest BCUT2D eigenvalue weighted by Gasteiger charge is 2.39. The number of hydrogen-bond acceptors (Lipinski definition) is 10. The first kappa shape index (κ1) is 35.7. The summed E-state index contributed by atoms with van der Waals surface area (Å²) < 4.78 is 146. The normalized spacial score (nSPS) is 14.3. The first-order valence-electron chi connectivity index (χ1n) is 12.5. The Kier molecular flexibility index (Phi) is 12.2. The molecule has 10 nitrogen and oxygen atoms in total. The molecule has 0 fully saturated rings. The predicted octanol–water partition coefficient (Wildman–Crippen LogP) is 5.58. The van der Waals surface area contributed by atoms with Gasteiger partial charge in [0.1, 0.15) is 24.2 Å². The number of halogens is 6. The van der Waals surface area contributed by atoms with Crippen LogP contribution >= 0.6 is 0 Å². The Morgan fingerprint density at radius 1 is 0.698 bits per heavy atom. The van der Waals surface area contributed by atoms with E-state index in [0.717, 1.165) is 24.3 Å². The number of oxime groups is 2. The van der Waals surface area contributed by atoms with Gasteiger partial charge in [-0.3, -0.25) is 8.57 Å². The molecule has 0 aliphatic rings. The van der Waals surface area contributed by atoms with Crippen LogP contribution in [-0.2, 0) is 28.8 Å². The Hall–Kier alpha value is -3.54. The molecule has 2 aromatic carbocycles. The van der Waals surface area contributed by atoms with Crippen molar-refractivity contribution in [2.45, 2.75) is 52.1 Å². The molecule has 0 heterocycles. The second kappa shape index (κ2) is 14.8. The Bertz CT molecular complexity index is 1470. The first-order valence-corrected chi connectivity index (χ1v) is 15.7. The van der Waals surface area contributed by atoms with Crippen molar-refractivity contribution in [1.82, 2.24) is 0 Å². The molecular weight excluding hydrogens is 634 g/mol. The van der Waals surface area contributed by atoms with Gasteiger partial charge in [0.15, 0.2) is 11.4 Å². The lowest BCUT2D eigenvalue weighted by Crippen LogP contribution is -2.25. The van der Waals surface area contributed by atoms with E-state index in [9.17, 15) is 43.2 Å². The van der Waals surface area contributed by atoms with Crippen molar-refractivity contribution in [3.05, 3.63) is 59.7 Å². The van der Waals surface area contributed by atoms with Crippen LogP contribution in [0, 0.1) is 0 Å². The zero-order valence-corrected chi connectivity index (χ0v) is 24.6. The van der Waals surface area contributed by atoms with E-state index in [1.807, 2.05) is 0 Å². The third-order valence-corrected chi connectivity index (χ3v) is 7.43. The number of benzene rings is 2. The zero-order valence-electron chi connectivity index (χ0n) is 23.0. The largest absolute Gasteiger partial charge is 0.490 e. The van der Waals surface area contributed by atoms with Crippen LogP contribution in [0.25, 0.3) is 0 Å². The number of ether oxygens (including phenoxy) is 2. The molecule has 2 aromatic rings. The number of hydrogen-bond donors (Lipinski definition) is 0. The molecule has 240 valence electrons. The highest BCUT2D eigenvalue weighted by atomic mass is 32.2. The highest BCUT2D eigenvalue weighted by Crippen LogP contribution is 2.27. The summed E-state index contributed by atoms with van der Waals surface area (Å²) in [5.41, 5.74) is -4.09. The fourth-order valence-corrected chi connectivity index (χ4v) is 4.70. The number of alkyl halides is 6. The van der Waals surface area contributed by atoms with E-state index in [-0.39, 0.29) is 30.9 Å². The van der Waals surface area contributed by atoms with Crippen molar-refractivity contribution < 1.29 is 61.2 Å². The molecule has 18 heteroatoms. The van der Waals surface area contributed by atoms with Gasteiger partial charge in [0.05, 0.1) is 11.5 Å². The molecule has 1 unspecified atom stereocenters. The second-order valence-electron chi connectivity index (χ2n) is 8.84. The average Bonchev–Trinajstić information content (AvgIpc) is 2.87. The van der Waals surface area contributed by atoms with Gasteiger partial charge in [-0.05, 0) is 68.3 Å². The maximum absolute atomic E-state index is 13.4. The van der Waals surface area contributed by atoms with Gasteiger partial charge < -0.3 is 9.47 Å². The van der Waals surface area contributed by atoms with Gasteiger partial charge in [-0.2, -0.15) is 43.2 Å². The molecule has 1 atom stereocenters. The molecule has 0 aromatic heterocycles. The predicted molar refractivity (Wildman–Crippen MR) is 144 cm³/mol. The molecule has 0 saturated heterocycles. The van der Waals surface area contributed by atoms with Crippen molar-refractivity contribution in [2.24, 2.45) is 10.3 Å². The van der Waals surface area contributed by atoms with Gasteiger partial charge in [-0.15, -0.1) is 0 Å². The van der Waals surface area contributed by atoms with Crippen LogP contribution in [0.2, 0.25) is 0 Å². The standard InChI is InChI=1S/C25H28F6N2O8S2/c1-4-14-42(34,35)40-32-22(24(26,27)28)18-6-10-20(11-7-18)38-16-17(3)39-21-12-8-19(9-13-21)23(25(29,30)31)33-41-43(36,37)15-5-2/h6-13,17H,4-5,14-16H2,1-3H3. The molecule has 0 spiro atoms. The first-order chi connectivity index (χ1) is 19.9. The Morgan fingerprint density at radius 2 is 1.07 bits per heavy atom. The van der Waals surface area contributed by atoms with Crippen LogP contribution in [0.4, 0.5) is 26.3 Å². The highest BCUT2D eigenvalue weighted by molar-refractivity contribution is 7.86. The van der Waals surface area contributed by atoms with Crippen molar-refractivity contribution in [1.29, 1.82) is 0 Å². The summed E-state index contributed by atoms with van der Waals surface area (Å²) in [7, 11) is -8.56. The van der Waals surface area contributed by atoms with Crippen molar-refractivity contribution in [3.63, 3.8) is 0 Å². The number of rotatable bonds is 15. The van der Waals surface area contributed by atoms with E-state index in [1.165, 1.54) is 38.1 Å². The van der Waals surface area contributed by atoms with Crippen molar-refractivity contribution in [2.75, 3.05) is 18.1 Å². The minimum absolute atomic E-state index is 0.120. The van der Waals surface area contributed by atoms with Gasteiger partial charge in [0, 0.05) is 11.1 Å². The maximum atomic E-state index is 13.4. The molecule has 0 aliphatic carbocycles. The van der Waals surface area contributed by atoms with Crippen LogP contribution in [0.15, 0.2) is 58.8 Å². The summed E-state index contributed by atoms with van der Waals surface area (Å²) >= 11 is 0. The van der Waals surface area contributed by atoms with E-state index < -0.39 is 72.7 Å². The average molecular weight is 663 g/mol. The van der Waals surface area contributed by atoms with Crippen LogP contribution in [0.5, 0.6) is 11.5 Å². The third-order valence-electron chi connectivity index (χ3n) is 5.01. The van der Waals surface area contributed by atoms with E-state index in [4.69, 9.17) is 9.47 Å². The fraction of sp³-hybridized carbons (Fsp3) is 0.440. The summed E-state index contributed by atoms with van der Waals surface area (Å²) in [5, 5.41) is 5.61. The van der Waals surface area contributed by atoms with Gasteiger partial charge in [-0.1, -0.05) is 24.2 Å². The Balaban J connectivity index is 2.06. The monoisotopic (exact) mass is 662 g/mol. The summed E-state index contributed by atoms with van der Waals surface area (Å²) in [5.74, 6) is -0.774. The number of nitrogens with zero attached hydrogens (tertiary/aromatic N) is 2. The van der Waals surface area contributed by atoms with Gasteiger partial charge in [0.2, 0.25) is 0 Å². The molecule has 0 saturated carbocycles. The van der Waals surface area contributed by atoms with Crippen LogP contribution in [0.3, 0.4) is 0 Å². The van der Waals surface area contributed by atoms with E-state index in [0.29, 0.717) is 0 Å². The third kappa shape index (κ3) is 11.9. The Labute approximate surface area is 244 Å². The molecule has 0 N–H and O–H groups in total. The molecule has 2 rings (SSSR count). The smallest absolute Gasteiger partial charge is 0.437 e.